The van der Waals surface area contributed by atoms with Crippen molar-refractivity contribution in [2.45, 2.75) is 0 Å². The first-order chi connectivity index (χ1) is 5.86. The van der Waals surface area contributed by atoms with Gasteiger partial charge in [0.15, 0.2) is 4.77 Å². The summed E-state index contributed by atoms with van der Waals surface area (Å²) in [7, 11) is 0. The van der Waals surface area contributed by atoms with Gasteiger partial charge in [-0.15, -0.1) is 0 Å². The van der Waals surface area contributed by atoms with Gasteiger partial charge in [-0.3, -0.25) is 0 Å². The maximum absolute atomic E-state index is 5.17. The van der Waals surface area contributed by atoms with Crippen molar-refractivity contribution in [2.75, 3.05) is 0 Å². The van der Waals surface area contributed by atoms with E-state index in [1.165, 1.54) is 0 Å². The van der Waals surface area contributed by atoms with Crippen LogP contribution in [-0.2, 0) is 0 Å². The number of aromatic nitrogens is 2. The van der Waals surface area contributed by atoms with Crippen molar-refractivity contribution in [3.63, 3.8) is 0 Å². The Morgan fingerprint density at radius 1 is 1.42 bits per heavy atom. The van der Waals surface area contributed by atoms with E-state index in [-0.39, 0.29) is 0 Å². The van der Waals surface area contributed by atoms with Gasteiger partial charge in [0.05, 0.1) is 12.0 Å². The van der Waals surface area contributed by atoms with Crippen LogP contribution >= 0.6 is 12.2 Å². The Morgan fingerprint density at radius 2 is 2.33 bits per heavy atom. The standard InChI is InChI=1S/C8H6N2OS/c12-8-9-4-3-6(10-8)7-2-1-5-11-7/h1-5H,(H,9,10,12). The molecule has 0 radical (unpaired) electrons. The SMILES string of the molecule is S=c1nccc(-c2ccco2)[nH]1. The Bertz CT molecular complexity index is 419. The van der Waals surface area contributed by atoms with E-state index in [9.17, 15) is 0 Å². The molecule has 4 heteroatoms. The fourth-order valence-corrected chi connectivity index (χ4v) is 1.12. The van der Waals surface area contributed by atoms with Crippen molar-refractivity contribution in [3.8, 4) is 11.5 Å². The average molecular weight is 178 g/mol. The number of aromatic amines is 1. The molecule has 0 aromatic carbocycles. The van der Waals surface area contributed by atoms with E-state index in [4.69, 9.17) is 16.6 Å². The number of H-pyrrole nitrogens is 1. The minimum atomic E-state index is 0.462. The van der Waals surface area contributed by atoms with Crippen molar-refractivity contribution in [3.05, 3.63) is 35.4 Å². The van der Waals surface area contributed by atoms with Gasteiger partial charge in [0, 0.05) is 6.20 Å². The first-order valence-electron chi connectivity index (χ1n) is 3.45. The summed E-state index contributed by atoms with van der Waals surface area (Å²) in [5.41, 5.74) is 0.847. The van der Waals surface area contributed by atoms with Gasteiger partial charge in [0.25, 0.3) is 0 Å². The minimum Gasteiger partial charge on any atom is -0.463 e. The Balaban J connectivity index is 2.55. The predicted octanol–water partition coefficient (Wildman–Crippen LogP) is 2.40. The minimum absolute atomic E-state index is 0.462. The lowest BCUT2D eigenvalue weighted by Crippen LogP contribution is -1.83. The van der Waals surface area contributed by atoms with Crippen molar-refractivity contribution in [1.82, 2.24) is 9.97 Å². The zero-order valence-electron chi connectivity index (χ0n) is 6.15. The van der Waals surface area contributed by atoms with Crippen molar-refractivity contribution < 1.29 is 4.42 Å². The third-order valence-electron chi connectivity index (χ3n) is 1.46. The molecular formula is C8H6N2OS. The summed E-state index contributed by atoms with van der Waals surface area (Å²) in [5, 5.41) is 0. The first kappa shape index (κ1) is 7.24. The van der Waals surface area contributed by atoms with Gasteiger partial charge in [-0.2, -0.15) is 0 Å². The Morgan fingerprint density at radius 3 is 3.00 bits per heavy atom. The van der Waals surface area contributed by atoms with E-state index in [2.05, 4.69) is 9.97 Å². The van der Waals surface area contributed by atoms with E-state index in [1.807, 2.05) is 18.2 Å². The number of furan rings is 1. The highest BCUT2D eigenvalue weighted by Crippen LogP contribution is 2.15. The van der Waals surface area contributed by atoms with Gasteiger partial charge in [0.2, 0.25) is 0 Å². The van der Waals surface area contributed by atoms with Gasteiger partial charge < -0.3 is 9.40 Å². The Kier molecular flexibility index (Phi) is 1.75. The number of hydrogen-bond donors (Lipinski definition) is 1. The molecule has 2 rings (SSSR count). The Labute approximate surface area is 74.1 Å². The zero-order chi connectivity index (χ0) is 8.39. The molecule has 0 aliphatic rings. The Hall–Kier alpha value is -1.42. The molecule has 0 spiro atoms. The van der Waals surface area contributed by atoms with Gasteiger partial charge in [-0.25, -0.2) is 4.98 Å². The molecule has 2 aromatic heterocycles. The molecule has 60 valence electrons. The number of hydrogen-bond acceptors (Lipinski definition) is 3. The summed E-state index contributed by atoms with van der Waals surface area (Å²) >= 11 is 4.87. The number of nitrogens with one attached hydrogen (secondary N) is 1. The summed E-state index contributed by atoms with van der Waals surface area (Å²) in [5.74, 6) is 0.767. The van der Waals surface area contributed by atoms with Crippen LogP contribution in [0.1, 0.15) is 0 Å². The molecule has 3 nitrogen and oxygen atoms in total. The molecule has 0 unspecified atom stereocenters. The van der Waals surface area contributed by atoms with E-state index < -0.39 is 0 Å². The highest BCUT2D eigenvalue weighted by molar-refractivity contribution is 7.71. The van der Waals surface area contributed by atoms with Crippen LogP contribution < -0.4 is 0 Å². The third kappa shape index (κ3) is 1.29. The van der Waals surface area contributed by atoms with Crippen LogP contribution in [-0.4, -0.2) is 9.97 Å². The summed E-state index contributed by atoms with van der Waals surface area (Å²) in [6.45, 7) is 0. The van der Waals surface area contributed by atoms with Crippen molar-refractivity contribution in [1.29, 1.82) is 0 Å². The summed E-state index contributed by atoms with van der Waals surface area (Å²) in [6, 6.07) is 5.50. The molecule has 0 aliphatic carbocycles. The van der Waals surface area contributed by atoms with Gasteiger partial charge >= 0.3 is 0 Å². The largest absolute Gasteiger partial charge is 0.463 e. The van der Waals surface area contributed by atoms with Crippen LogP contribution in [0.15, 0.2) is 35.1 Å². The van der Waals surface area contributed by atoms with E-state index in [0.29, 0.717) is 4.77 Å². The van der Waals surface area contributed by atoms with E-state index >= 15 is 0 Å². The highest BCUT2D eigenvalue weighted by atomic mass is 32.1. The van der Waals surface area contributed by atoms with E-state index in [1.54, 1.807) is 12.5 Å². The molecule has 0 fully saturated rings. The fraction of sp³-hybridized carbons (Fsp3) is 0. The predicted molar refractivity (Wildman–Crippen MR) is 47.1 cm³/mol. The van der Waals surface area contributed by atoms with Gasteiger partial charge in [-0.05, 0) is 30.4 Å². The van der Waals surface area contributed by atoms with E-state index in [0.717, 1.165) is 11.5 Å². The van der Waals surface area contributed by atoms with Crippen molar-refractivity contribution >= 4 is 12.2 Å². The normalized spacial score (nSPS) is 10.0. The second-order valence-corrected chi connectivity index (χ2v) is 2.65. The molecule has 0 bridgehead atoms. The zero-order valence-corrected chi connectivity index (χ0v) is 6.97. The van der Waals surface area contributed by atoms with Crippen LogP contribution in [0.25, 0.3) is 11.5 Å². The number of rotatable bonds is 1. The van der Waals surface area contributed by atoms with Crippen LogP contribution in [0.5, 0.6) is 0 Å². The molecule has 1 N–H and O–H groups in total. The first-order valence-corrected chi connectivity index (χ1v) is 3.86. The lowest BCUT2D eigenvalue weighted by molar-refractivity contribution is 0.579. The highest BCUT2D eigenvalue weighted by Gasteiger charge is 1.98. The third-order valence-corrected chi connectivity index (χ3v) is 1.67. The topological polar surface area (TPSA) is 41.8 Å². The molecule has 2 heterocycles. The van der Waals surface area contributed by atoms with Crippen LogP contribution in [0, 0.1) is 4.77 Å². The summed E-state index contributed by atoms with van der Waals surface area (Å²) < 4.78 is 5.63. The lowest BCUT2D eigenvalue weighted by atomic mass is 10.3. The van der Waals surface area contributed by atoms with Crippen LogP contribution in [0.2, 0.25) is 0 Å². The maximum Gasteiger partial charge on any atom is 0.197 e. The van der Waals surface area contributed by atoms with Gasteiger partial charge in [0.1, 0.15) is 5.76 Å². The fourth-order valence-electron chi connectivity index (χ4n) is 0.944. The molecule has 2 aromatic rings. The smallest absolute Gasteiger partial charge is 0.197 e. The maximum atomic E-state index is 5.17. The molecule has 0 saturated heterocycles. The molecule has 12 heavy (non-hydrogen) atoms. The number of nitrogens with zero attached hydrogens (tertiary/aromatic N) is 1. The monoisotopic (exact) mass is 178 g/mol. The summed E-state index contributed by atoms with van der Waals surface area (Å²) in [4.78, 5) is 6.79. The van der Waals surface area contributed by atoms with Gasteiger partial charge in [-0.1, -0.05) is 0 Å². The average Bonchev–Trinajstić information content (AvgIpc) is 2.56. The molecule has 0 saturated carbocycles. The second-order valence-electron chi connectivity index (χ2n) is 2.27. The quantitative estimate of drug-likeness (QED) is 0.682. The van der Waals surface area contributed by atoms with Crippen molar-refractivity contribution in [2.24, 2.45) is 0 Å². The molecular weight excluding hydrogens is 172 g/mol. The van der Waals surface area contributed by atoms with Crippen LogP contribution in [0.3, 0.4) is 0 Å². The van der Waals surface area contributed by atoms with Crippen LogP contribution in [0.4, 0.5) is 0 Å². The lowest BCUT2D eigenvalue weighted by Gasteiger charge is -1.94. The summed E-state index contributed by atoms with van der Waals surface area (Å²) in [6.07, 6.45) is 3.27. The second kappa shape index (κ2) is 2.91. The molecule has 0 amide bonds. The molecule has 0 atom stereocenters. The molecule has 0 aliphatic heterocycles.